The third-order valence-corrected chi connectivity index (χ3v) is 2.98. The zero-order valence-electron chi connectivity index (χ0n) is 11.1. The summed E-state index contributed by atoms with van der Waals surface area (Å²) < 4.78 is 10.4. The van der Waals surface area contributed by atoms with E-state index in [9.17, 15) is 4.79 Å². The Balaban J connectivity index is 1.97. The number of hydrogen-bond donors (Lipinski definition) is 1. The molecule has 1 aromatic rings. The molecule has 2 rings (SSSR count). The molecule has 1 aliphatic heterocycles. The van der Waals surface area contributed by atoms with Crippen LogP contribution in [0.1, 0.15) is 30.3 Å². The van der Waals surface area contributed by atoms with Gasteiger partial charge in [-0.2, -0.15) is 0 Å². The number of rotatable bonds is 5. The van der Waals surface area contributed by atoms with Crippen LogP contribution in [0, 0.1) is 5.92 Å². The van der Waals surface area contributed by atoms with E-state index in [1.807, 2.05) is 0 Å². The molecular formula is C13H19N3O3. The third kappa shape index (κ3) is 3.89. The Morgan fingerprint density at radius 3 is 3.11 bits per heavy atom. The summed E-state index contributed by atoms with van der Waals surface area (Å²) in [5.41, 5.74) is 0.237. The minimum atomic E-state index is -0.446. The summed E-state index contributed by atoms with van der Waals surface area (Å²) in [6.07, 6.45) is 5.25. The Kier molecular flexibility index (Phi) is 5.09. The summed E-state index contributed by atoms with van der Waals surface area (Å²) in [5.74, 6) is 0.482. The van der Waals surface area contributed by atoms with Gasteiger partial charge in [-0.05, 0) is 25.7 Å². The number of aromatic nitrogens is 2. The molecule has 6 heteroatoms. The summed E-state index contributed by atoms with van der Waals surface area (Å²) in [7, 11) is 0. The van der Waals surface area contributed by atoms with Gasteiger partial charge in [0.25, 0.3) is 0 Å². The molecule has 1 N–H and O–H groups in total. The Morgan fingerprint density at radius 1 is 1.53 bits per heavy atom. The molecule has 19 heavy (non-hydrogen) atoms. The number of carbonyl (C=O) groups excluding carboxylic acids is 1. The van der Waals surface area contributed by atoms with Gasteiger partial charge < -0.3 is 14.8 Å². The molecule has 1 unspecified atom stereocenters. The molecule has 0 radical (unpaired) electrons. The predicted octanol–water partition coefficient (Wildman–Crippen LogP) is 1.49. The number of esters is 1. The molecule has 1 fully saturated rings. The predicted molar refractivity (Wildman–Crippen MR) is 70.0 cm³/mol. The Labute approximate surface area is 112 Å². The lowest BCUT2D eigenvalue weighted by atomic mass is 10.0. The van der Waals surface area contributed by atoms with Crippen molar-refractivity contribution in [2.75, 3.05) is 31.7 Å². The third-order valence-electron chi connectivity index (χ3n) is 2.98. The highest BCUT2D eigenvalue weighted by Crippen LogP contribution is 2.16. The lowest BCUT2D eigenvalue weighted by Crippen LogP contribution is -2.25. The first-order valence-corrected chi connectivity index (χ1v) is 6.61. The topological polar surface area (TPSA) is 73.3 Å². The summed E-state index contributed by atoms with van der Waals surface area (Å²) in [5, 5.41) is 3.17. The molecule has 0 bridgehead atoms. The number of hydrogen-bond acceptors (Lipinski definition) is 6. The fourth-order valence-corrected chi connectivity index (χ4v) is 2.03. The molecule has 2 heterocycles. The van der Waals surface area contributed by atoms with Gasteiger partial charge in [0, 0.05) is 25.5 Å². The van der Waals surface area contributed by atoms with Crippen LogP contribution in [0.3, 0.4) is 0 Å². The minimum Gasteiger partial charge on any atom is -0.461 e. The van der Waals surface area contributed by atoms with Crippen LogP contribution in [0.15, 0.2) is 12.4 Å². The van der Waals surface area contributed by atoms with Crippen molar-refractivity contribution in [1.82, 2.24) is 9.97 Å². The maximum absolute atomic E-state index is 11.7. The van der Waals surface area contributed by atoms with Crippen molar-refractivity contribution in [1.29, 1.82) is 0 Å². The average Bonchev–Trinajstić information content (AvgIpc) is 2.47. The Bertz CT molecular complexity index is 419. The fourth-order valence-electron chi connectivity index (χ4n) is 2.03. The van der Waals surface area contributed by atoms with Gasteiger partial charge in [0.05, 0.1) is 13.2 Å². The molecule has 0 aliphatic carbocycles. The van der Waals surface area contributed by atoms with E-state index < -0.39 is 5.97 Å². The van der Waals surface area contributed by atoms with Crippen LogP contribution in [0.4, 0.5) is 5.82 Å². The maximum atomic E-state index is 11.7. The van der Waals surface area contributed by atoms with Crippen molar-refractivity contribution in [2.24, 2.45) is 5.92 Å². The number of anilines is 1. The van der Waals surface area contributed by atoms with Crippen LogP contribution in [0.25, 0.3) is 0 Å². The van der Waals surface area contributed by atoms with Crippen LogP contribution >= 0.6 is 0 Å². The number of carbonyl (C=O) groups is 1. The molecule has 0 spiro atoms. The molecule has 0 saturated carbocycles. The lowest BCUT2D eigenvalue weighted by molar-refractivity contribution is 0.0519. The number of nitrogens with one attached hydrogen (secondary N) is 1. The van der Waals surface area contributed by atoms with Crippen molar-refractivity contribution in [2.45, 2.75) is 19.8 Å². The van der Waals surface area contributed by atoms with Crippen LogP contribution in [0.5, 0.6) is 0 Å². The Hall–Kier alpha value is -1.69. The maximum Gasteiger partial charge on any atom is 0.360 e. The highest BCUT2D eigenvalue weighted by molar-refractivity contribution is 5.92. The van der Waals surface area contributed by atoms with E-state index in [-0.39, 0.29) is 5.69 Å². The zero-order valence-corrected chi connectivity index (χ0v) is 11.1. The first-order valence-electron chi connectivity index (χ1n) is 6.61. The van der Waals surface area contributed by atoms with Gasteiger partial charge in [0.2, 0.25) is 0 Å². The van der Waals surface area contributed by atoms with Gasteiger partial charge in [0.15, 0.2) is 11.5 Å². The first-order chi connectivity index (χ1) is 9.31. The molecule has 1 aliphatic rings. The van der Waals surface area contributed by atoms with E-state index in [2.05, 4.69) is 15.3 Å². The van der Waals surface area contributed by atoms with Crippen molar-refractivity contribution >= 4 is 11.8 Å². The summed E-state index contributed by atoms with van der Waals surface area (Å²) in [4.78, 5) is 19.9. The highest BCUT2D eigenvalue weighted by Gasteiger charge is 2.18. The molecule has 0 aromatic carbocycles. The van der Waals surface area contributed by atoms with Crippen molar-refractivity contribution in [3.05, 3.63) is 18.1 Å². The van der Waals surface area contributed by atoms with E-state index in [1.165, 1.54) is 6.20 Å². The SMILES string of the molecule is CCOC(=O)c1nccnc1NCC1CCCOC1. The average molecular weight is 265 g/mol. The second kappa shape index (κ2) is 7.04. The molecule has 6 nitrogen and oxygen atoms in total. The standard InChI is InChI=1S/C13H19N3O3/c1-2-19-13(17)11-12(15-6-5-14-11)16-8-10-4-3-7-18-9-10/h5-6,10H,2-4,7-9H2,1H3,(H,15,16). The normalized spacial score (nSPS) is 18.9. The summed E-state index contributed by atoms with van der Waals surface area (Å²) in [6, 6.07) is 0. The van der Waals surface area contributed by atoms with Gasteiger partial charge in [-0.25, -0.2) is 14.8 Å². The first kappa shape index (κ1) is 13.7. The highest BCUT2D eigenvalue weighted by atomic mass is 16.5. The van der Waals surface area contributed by atoms with Crippen LogP contribution in [-0.2, 0) is 9.47 Å². The second-order valence-corrected chi connectivity index (χ2v) is 4.44. The van der Waals surface area contributed by atoms with Crippen LogP contribution in [0.2, 0.25) is 0 Å². The van der Waals surface area contributed by atoms with Gasteiger partial charge in [0.1, 0.15) is 0 Å². The van der Waals surface area contributed by atoms with E-state index in [0.29, 0.717) is 18.3 Å². The van der Waals surface area contributed by atoms with E-state index in [0.717, 1.165) is 32.6 Å². The molecule has 0 amide bonds. The quantitative estimate of drug-likeness (QED) is 0.813. The van der Waals surface area contributed by atoms with Gasteiger partial charge in [-0.1, -0.05) is 0 Å². The zero-order chi connectivity index (χ0) is 13.5. The van der Waals surface area contributed by atoms with Crippen LogP contribution in [-0.4, -0.2) is 42.3 Å². The molecular weight excluding hydrogens is 246 g/mol. The summed E-state index contributed by atoms with van der Waals surface area (Å²) in [6.45, 7) is 4.41. The Morgan fingerprint density at radius 2 is 2.37 bits per heavy atom. The van der Waals surface area contributed by atoms with Crippen LogP contribution < -0.4 is 5.32 Å². The second-order valence-electron chi connectivity index (χ2n) is 4.44. The van der Waals surface area contributed by atoms with Gasteiger partial charge in [-0.15, -0.1) is 0 Å². The summed E-state index contributed by atoms with van der Waals surface area (Å²) >= 11 is 0. The molecule has 1 saturated heterocycles. The lowest BCUT2D eigenvalue weighted by Gasteiger charge is -2.22. The van der Waals surface area contributed by atoms with Crippen molar-refractivity contribution < 1.29 is 14.3 Å². The fraction of sp³-hybridized carbons (Fsp3) is 0.615. The van der Waals surface area contributed by atoms with E-state index >= 15 is 0 Å². The minimum absolute atomic E-state index is 0.237. The smallest absolute Gasteiger partial charge is 0.360 e. The van der Waals surface area contributed by atoms with Crippen molar-refractivity contribution in [3.63, 3.8) is 0 Å². The van der Waals surface area contributed by atoms with Gasteiger partial charge >= 0.3 is 5.97 Å². The van der Waals surface area contributed by atoms with Crippen molar-refractivity contribution in [3.8, 4) is 0 Å². The molecule has 1 aromatic heterocycles. The van der Waals surface area contributed by atoms with Gasteiger partial charge in [-0.3, -0.25) is 0 Å². The number of ether oxygens (including phenoxy) is 2. The molecule has 1 atom stereocenters. The monoisotopic (exact) mass is 265 g/mol. The largest absolute Gasteiger partial charge is 0.461 e. The molecule has 104 valence electrons. The van der Waals surface area contributed by atoms with E-state index in [1.54, 1.807) is 13.1 Å². The van der Waals surface area contributed by atoms with E-state index in [4.69, 9.17) is 9.47 Å². The number of nitrogens with zero attached hydrogens (tertiary/aromatic N) is 2.